The second-order valence-electron chi connectivity index (χ2n) is 4.41. The Bertz CT molecular complexity index is 498. The summed E-state index contributed by atoms with van der Waals surface area (Å²) in [5.41, 5.74) is 2.16. The molecule has 6 nitrogen and oxygen atoms in total. The molecule has 2 aromatic heterocycles. The number of nitrogens with one attached hydrogen (secondary N) is 1. The largest absolute Gasteiger partial charge is 0.310 e. The molecule has 18 heavy (non-hydrogen) atoms. The Balaban J connectivity index is 2.05. The highest BCUT2D eigenvalue weighted by Crippen LogP contribution is 2.05. The maximum atomic E-state index is 4.34. The second-order valence-corrected chi connectivity index (χ2v) is 4.41. The molecule has 0 aliphatic carbocycles. The fourth-order valence-corrected chi connectivity index (χ4v) is 1.90. The minimum atomic E-state index is 0.709. The van der Waals surface area contributed by atoms with Crippen LogP contribution in [0.3, 0.4) is 0 Å². The third-order valence-corrected chi connectivity index (χ3v) is 2.82. The van der Waals surface area contributed by atoms with E-state index in [1.165, 1.54) is 0 Å². The lowest BCUT2D eigenvalue weighted by Gasteiger charge is -2.07. The number of hydrogen-bond donors (Lipinski definition) is 1. The van der Waals surface area contributed by atoms with Gasteiger partial charge in [-0.15, -0.1) is 0 Å². The number of hydrogen-bond acceptors (Lipinski definition) is 4. The van der Waals surface area contributed by atoms with Crippen LogP contribution < -0.4 is 5.32 Å². The molecule has 2 aromatic rings. The van der Waals surface area contributed by atoms with Crippen LogP contribution in [0.4, 0.5) is 0 Å². The molecule has 0 saturated heterocycles. The summed E-state index contributed by atoms with van der Waals surface area (Å²) in [5.74, 6) is 0.960. The zero-order valence-electron chi connectivity index (χ0n) is 11.2. The van der Waals surface area contributed by atoms with Crippen molar-refractivity contribution in [1.82, 2.24) is 29.9 Å². The van der Waals surface area contributed by atoms with E-state index in [0.29, 0.717) is 6.54 Å². The molecule has 0 saturated carbocycles. The monoisotopic (exact) mass is 248 g/mol. The summed E-state index contributed by atoms with van der Waals surface area (Å²) in [6.45, 7) is 6.60. The molecule has 0 bridgehead atoms. The third kappa shape index (κ3) is 2.95. The predicted octanol–water partition coefficient (Wildman–Crippen LogP) is 0.868. The Morgan fingerprint density at radius 2 is 2.22 bits per heavy atom. The number of rotatable bonds is 6. The van der Waals surface area contributed by atoms with Crippen LogP contribution in [0, 0.1) is 6.92 Å². The van der Waals surface area contributed by atoms with Gasteiger partial charge in [-0.2, -0.15) is 10.2 Å². The topological polar surface area (TPSA) is 60.6 Å². The SMILES string of the molecule is CCCNCc1ncnn1Cc1cc(C)nn1C. The van der Waals surface area contributed by atoms with Crippen molar-refractivity contribution in [3.63, 3.8) is 0 Å². The summed E-state index contributed by atoms with van der Waals surface area (Å²) in [7, 11) is 1.95. The number of aromatic nitrogens is 5. The fourth-order valence-electron chi connectivity index (χ4n) is 1.90. The highest BCUT2D eigenvalue weighted by atomic mass is 15.4. The molecule has 0 radical (unpaired) electrons. The van der Waals surface area contributed by atoms with Crippen molar-refractivity contribution in [2.75, 3.05) is 6.54 Å². The molecular formula is C12H20N6. The van der Waals surface area contributed by atoms with E-state index in [1.807, 2.05) is 23.3 Å². The van der Waals surface area contributed by atoms with Gasteiger partial charge in [0, 0.05) is 7.05 Å². The van der Waals surface area contributed by atoms with Crippen molar-refractivity contribution in [3.8, 4) is 0 Å². The van der Waals surface area contributed by atoms with Crippen LogP contribution in [0.2, 0.25) is 0 Å². The van der Waals surface area contributed by atoms with Gasteiger partial charge in [-0.1, -0.05) is 6.92 Å². The summed E-state index contributed by atoms with van der Waals surface area (Å²) in [5, 5.41) is 11.9. The normalized spacial score (nSPS) is 11.1. The Morgan fingerprint density at radius 1 is 1.39 bits per heavy atom. The van der Waals surface area contributed by atoms with Crippen molar-refractivity contribution < 1.29 is 0 Å². The van der Waals surface area contributed by atoms with Crippen LogP contribution in [0.15, 0.2) is 12.4 Å². The lowest BCUT2D eigenvalue weighted by atomic mass is 10.3. The van der Waals surface area contributed by atoms with Crippen LogP contribution in [0.1, 0.15) is 30.6 Å². The smallest absolute Gasteiger partial charge is 0.141 e. The Kier molecular flexibility index (Phi) is 4.09. The van der Waals surface area contributed by atoms with E-state index in [2.05, 4.69) is 33.5 Å². The Hall–Kier alpha value is -1.69. The van der Waals surface area contributed by atoms with Crippen molar-refractivity contribution in [2.45, 2.75) is 33.4 Å². The van der Waals surface area contributed by atoms with Gasteiger partial charge in [0.2, 0.25) is 0 Å². The average molecular weight is 248 g/mol. The summed E-state index contributed by atoms with van der Waals surface area (Å²) in [4.78, 5) is 4.28. The van der Waals surface area contributed by atoms with E-state index < -0.39 is 0 Å². The molecule has 0 aliphatic heterocycles. The highest BCUT2D eigenvalue weighted by Gasteiger charge is 2.08. The molecule has 0 fully saturated rings. The van der Waals surface area contributed by atoms with Gasteiger partial charge in [0.15, 0.2) is 0 Å². The van der Waals surface area contributed by atoms with Gasteiger partial charge in [-0.05, 0) is 26.0 Å². The molecule has 2 rings (SSSR count). The Labute approximate surface area is 107 Å². The standard InChI is InChI=1S/C12H20N6/c1-4-5-13-7-12-14-9-15-18(12)8-11-6-10(2)16-17(11)3/h6,9,13H,4-5,7-8H2,1-3H3. The van der Waals surface area contributed by atoms with Gasteiger partial charge in [-0.3, -0.25) is 4.68 Å². The van der Waals surface area contributed by atoms with Gasteiger partial charge >= 0.3 is 0 Å². The molecule has 0 atom stereocenters. The molecule has 1 N–H and O–H groups in total. The first-order valence-corrected chi connectivity index (χ1v) is 6.27. The molecule has 6 heteroatoms. The van der Waals surface area contributed by atoms with Crippen LogP contribution >= 0.6 is 0 Å². The van der Waals surface area contributed by atoms with Gasteiger partial charge in [-0.25, -0.2) is 9.67 Å². The molecule has 98 valence electrons. The van der Waals surface area contributed by atoms with Crippen LogP contribution in [0.25, 0.3) is 0 Å². The van der Waals surface area contributed by atoms with Crippen LogP contribution in [0.5, 0.6) is 0 Å². The zero-order valence-corrected chi connectivity index (χ0v) is 11.2. The van der Waals surface area contributed by atoms with Crippen LogP contribution in [-0.4, -0.2) is 31.1 Å². The summed E-state index contributed by atoms with van der Waals surface area (Å²) >= 11 is 0. The maximum absolute atomic E-state index is 4.34. The molecule has 0 spiro atoms. The number of nitrogens with zero attached hydrogens (tertiary/aromatic N) is 5. The summed E-state index contributed by atoms with van der Waals surface area (Å²) < 4.78 is 3.80. The molecular weight excluding hydrogens is 228 g/mol. The summed E-state index contributed by atoms with van der Waals surface area (Å²) in [6.07, 6.45) is 2.72. The van der Waals surface area contributed by atoms with E-state index in [1.54, 1.807) is 6.33 Å². The quantitative estimate of drug-likeness (QED) is 0.771. The molecule has 0 aliphatic rings. The maximum Gasteiger partial charge on any atom is 0.141 e. The van der Waals surface area contributed by atoms with Gasteiger partial charge < -0.3 is 5.32 Å². The van der Waals surface area contributed by atoms with E-state index in [-0.39, 0.29) is 0 Å². The minimum absolute atomic E-state index is 0.709. The zero-order chi connectivity index (χ0) is 13.0. The van der Waals surface area contributed by atoms with Crippen molar-refractivity contribution in [2.24, 2.45) is 7.05 Å². The predicted molar refractivity (Wildman–Crippen MR) is 69.1 cm³/mol. The summed E-state index contributed by atoms with van der Waals surface area (Å²) in [6, 6.07) is 2.07. The van der Waals surface area contributed by atoms with E-state index in [4.69, 9.17) is 0 Å². The van der Waals surface area contributed by atoms with E-state index in [9.17, 15) is 0 Å². The first kappa shape index (κ1) is 12.8. The second kappa shape index (κ2) is 5.77. The van der Waals surface area contributed by atoms with Gasteiger partial charge in [0.05, 0.1) is 24.5 Å². The molecule has 0 aromatic carbocycles. The highest BCUT2D eigenvalue weighted by molar-refractivity contribution is 5.09. The third-order valence-electron chi connectivity index (χ3n) is 2.82. The average Bonchev–Trinajstić information content (AvgIpc) is 2.88. The molecule has 0 unspecified atom stereocenters. The van der Waals surface area contributed by atoms with E-state index >= 15 is 0 Å². The first-order chi connectivity index (χ1) is 8.70. The van der Waals surface area contributed by atoms with Crippen molar-refractivity contribution in [3.05, 3.63) is 29.6 Å². The van der Waals surface area contributed by atoms with Crippen molar-refractivity contribution in [1.29, 1.82) is 0 Å². The van der Waals surface area contributed by atoms with Crippen LogP contribution in [-0.2, 0) is 20.1 Å². The molecule has 0 amide bonds. The fraction of sp³-hybridized carbons (Fsp3) is 0.583. The molecule has 2 heterocycles. The Morgan fingerprint density at radius 3 is 2.89 bits per heavy atom. The lowest BCUT2D eigenvalue weighted by Crippen LogP contribution is -2.19. The number of aryl methyl sites for hydroxylation is 2. The van der Waals surface area contributed by atoms with Gasteiger partial charge in [0.1, 0.15) is 12.2 Å². The van der Waals surface area contributed by atoms with Crippen molar-refractivity contribution >= 4 is 0 Å². The van der Waals surface area contributed by atoms with Gasteiger partial charge in [0.25, 0.3) is 0 Å². The first-order valence-electron chi connectivity index (χ1n) is 6.27. The lowest BCUT2D eigenvalue weighted by molar-refractivity contribution is 0.561. The minimum Gasteiger partial charge on any atom is -0.310 e. The van der Waals surface area contributed by atoms with E-state index in [0.717, 1.165) is 36.7 Å².